The molecule has 6 N–H and O–H groups in total. The van der Waals surface area contributed by atoms with Crippen LogP contribution in [0.2, 0.25) is 0 Å². The molecular formula is C15H20N2O3. The minimum atomic E-state index is -1.02. The number of phenols is 1. The number of hydrogen-bond acceptors (Lipinski definition) is 4. The van der Waals surface area contributed by atoms with Gasteiger partial charge in [0.1, 0.15) is 5.75 Å². The molecule has 0 amide bonds. The fourth-order valence-corrected chi connectivity index (χ4v) is 2.57. The summed E-state index contributed by atoms with van der Waals surface area (Å²) in [5.74, 6) is -0.925. The van der Waals surface area contributed by atoms with E-state index >= 15 is 0 Å². The summed E-state index contributed by atoms with van der Waals surface area (Å²) in [6, 6.07) is 2.59. The van der Waals surface area contributed by atoms with Crippen molar-refractivity contribution in [2.24, 2.45) is 11.5 Å². The Morgan fingerprint density at radius 1 is 1.40 bits per heavy atom. The van der Waals surface area contributed by atoms with Crippen LogP contribution < -0.4 is 11.5 Å². The third-order valence-electron chi connectivity index (χ3n) is 3.81. The highest BCUT2D eigenvalue weighted by molar-refractivity contribution is 5.89. The fourth-order valence-electron chi connectivity index (χ4n) is 2.57. The largest absolute Gasteiger partial charge is 0.507 e. The van der Waals surface area contributed by atoms with Crippen molar-refractivity contribution in [3.05, 3.63) is 34.4 Å². The molecule has 0 heterocycles. The van der Waals surface area contributed by atoms with E-state index in [1.807, 2.05) is 0 Å². The van der Waals surface area contributed by atoms with Crippen LogP contribution in [-0.2, 0) is 0 Å². The molecule has 20 heavy (non-hydrogen) atoms. The molecule has 0 bridgehead atoms. The summed E-state index contributed by atoms with van der Waals surface area (Å²) in [6.07, 6.45) is 4.45. The van der Waals surface area contributed by atoms with E-state index in [9.17, 15) is 9.90 Å². The van der Waals surface area contributed by atoms with Gasteiger partial charge in [0.25, 0.3) is 0 Å². The Morgan fingerprint density at radius 3 is 2.75 bits per heavy atom. The van der Waals surface area contributed by atoms with Gasteiger partial charge in [0.05, 0.1) is 5.56 Å². The van der Waals surface area contributed by atoms with Crippen molar-refractivity contribution in [3.8, 4) is 5.75 Å². The van der Waals surface area contributed by atoms with E-state index < -0.39 is 5.97 Å². The molecule has 1 aliphatic rings. The van der Waals surface area contributed by atoms with Crippen molar-refractivity contribution in [3.63, 3.8) is 0 Å². The molecule has 1 aliphatic carbocycles. The maximum atomic E-state index is 11.1. The van der Waals surface area contributed by atoms with Crippen molar-refractivity contribution in [2.45, 2.75) is 38.3 Å². The number of hydrogen-bond donors (Lipinski definition) is 4. The van der Waals surface area contributed by atoms with Gasteiger partial charge < -0.3 is 21.7 Å². The Balaban J connectivity index is 2.44. The van der Waals surface area contributed by atoms with E-state index in [1.54, 1.807) is 13.0 Å². The molecule has 0 saturated heterocycles. The molecule has 2 rings (SSSR count). The van der Waals surface area contributed by atoms with E-state index in [0.29, 0.717) is 11.1 Å². The van der Waals surface area contributed by atoms with E-state index in [2.05, 4.69) is 0 Å². The normalized spacial score (nSPS) is 24.9. The van der Waals surface area contributed by atoms with Gasteiger partial charge in [-0.3, -0.25) is 0 Å². The summed E-state index contributed by atoms with van der Waals surface area (Å²) in [5.41, 5.74) is 14.1. The topological polar surface area (TPSA) is 110 Å². The summed E-state index contributed by atoms with van der Waals surface area (Å²) in [6.45, 7) is 1.68. The van der Waals surface area contributed by atoms with Gasteiger partial charge >= 0.3 is 5.97 Å². The third kappa shape index (κ3) is 2.84. The summed E-state index contributed by atoms with van der Waals surface area (Å²) in [5, 5.41) is 19.2. The van der Waals surface area contributed by atoms with Crippen LogP contribution in [0.5, 0.6) is 5.75 Å². The van der Waals surface area contributed by atoms with Gasteiger partial charge in [0.2, 0.25) is 0 Å². The number of carboxylic acids is 1. The second kappa shape index (κ2) is 5.64. The zero-order chi connectivity index (χ0) is 14.9. The maximum Gasteiger partial charge on any atom is 0.335 e. The Labute approximate surface area is 117 Å². The average molecular weight is 276 g/mol. The van der Waals surface area contributed by atoms with Crippen LogP contribution in [0.1, 0.15) is 40.7 Å². The quantitative estimate of drug-likeness (QED) is 0.656. The van der Waals surface area contributed by atoms with Crippen LogP contribution in [0, 0.1) is 6.92 Å². The molecule has 108 valence electrons. The summed E-state index contributed by atoms with van der Waals surface area (Å²) in [7, 11) is 0. The lowest BCUT2D eigenvalue weighted by atomic mass is 9.85. The predicted octanol–water partition coefficient (Wildman–Crippen LogP) is 1.62. The Bertz CT molecular complexity index is 566. The summed E-state index contributed by atoms with van der Waals surface area (Å²) in [4.78, 5) is 11.1. The first-order chi connectivity index (χ1) is 9.40. The number of carbonyl (C=O) groups is 1. The minimum absolute atomic E-state index is 0.0825. The van der Waals surface area contributed by atoms with Gasteiger partial charge in [-0.15, -0.1) is 0 Å². The highest BCUT2D eigenvalue weighted by Gasteiger charge is 2.23. The molecule has 1 saturated carbocycles. The van der Waals surface area contributed by atoms with Crippen molar-refractivity contribution in [1.29, 1.82) is 0 Å². The maximum absolute atomic E-state index is 11.1. The molecule has 0 aromatic heterocycles. The van der Waals surface area contributed by atoms with E-state index in [4.69, 9.17) is 16.6 Å². The van der Waals surface area contributed by atoms with Gasteiger partial charge in [0, 0.05) is 17.6 Å². The first kappa shape index (κ1) is 14.6. The van der Waals surface area contributed by atoms with Crippen LogP contribution in [0.4, 0.5) is 0 Å². The van der Waals surface area contributed by atoms with Crippen LogP contribution in [0.3, 0.4) is 0 Å². The molecule has 5 heteroatoms. The Kier molecular flexibility index (Phi) is 4.11. The number of phenolic OH excluding ortho intramolecular Hbond substituents is 1. The lowest BCUT2D eigenvalue weighted by molar-refractivity contribution is 0.0696. The highest BCUT2D eigenvalue weighted by atomic mass is 16.4. The number of benzene rings is 1. The summed E-state index contributed by atoms with van der Waals surface area (Å²) < 4.78 is 0. The number of aromatic carboxylic acids is 1. The molecule has 2 unspecified atom stereocenters. The average Bonchev–Trinajstić information content (AvgIpc) is 2.39. The van der Waals surface area contributed by atoms with Crippen LogP contribution in [-0.4, -0.2) is 28.3 Å². The highest BCUT2D eigenvalue weighted by Crippen LogP contribution is 2.30. The van der Waals surface area contributed by atoms with Crippen molar-refractivity contribution < 1.29 is 15.0 Å². The van der Waals surface area contributed by atoms with Crippen LogP contribution in [0.15, 0.2) is 17.7 Å². The lowest BCUT2D eigenvalue weighted by Crippen LogP contribution is -2.45. The molecule has 0 spiro atoms. The molecule has 1 fully saturated rings. The number of aryl methyl sites for hydroxylation is 1. The van der Waals surface area contributed by atoms with Gasteiger partial charge in [-0.1, -0.05) is 11.6 Å². The van der Waals surface area contributed by atoms with E-state index in [1.165, 1.54) is 12.1 Å². The van der Waals surface area contributed by atoms with Crippen LogP contribution >= 0.6 is 0 Å². The zero-order valence-electron chi connectivity index (χ0n) is 11.5. The Hall–Kier alpha value is -1.85. The molecule has 1 aromatic rings. The smallest absolute Gasteiger partial charge is 0.335 e. The van der Waals surface area contributed by atoms with Crippen molar-refractivity contribution in [1.82, 2.24) is 0 Å². The SMILES string of the molecule is Cc1cc(C(=O)O)cc(C=C2CCCC(N)C2N)c1O. The lowest BCUT2D eigenvalue weighted by Gasteiger charge is -2.28. The Morgan fingerprint density at radius 2 is 2.10 bits per heavy atom. The third-order valence-corrected chi connectivity index (χ3v) is 3.81. The molecule has 2 atom stereocenters. The van der Waals surface area contributed by atoms with Crippen molar-refractivity contribution >= 4 is 12.0 Å². The number of rotatable bonds is 2. The summed E-state index contributed by atoms with van der Waals surface area (Å²) >= 11 is 0. The monoisotopic (exact) mass is 276 g/mol. The van der Waals surface area contributed by atoms with Crippen molar-refractivity contribution in [2.75, 3.05) is 0 Å². The number of carboxylic acid groups (broad SMARTS) is 1. The van der Waals surface area contributed by atoms with E-state index in [0.717, 1.165) is 24.8 Å². The van der Waals surface area contributed by atoms with Crippen LogP contribution in [0.25, 0.3) is 6.08 Å². The molecule has 1 aromatic carbocycles. The zero-order valence-corrected chi connectivity index (χ0v) is 11.5. The second-order valence-corrected chi connectivity index (χ2v) is 5.34. The van der Waals surface area contributed by atoms with Gasteiger partial charge in [-0.2, -0.15) is 0 Å². The molecular weight excluding hydrogens is 256 g/mol. The van der Waals surface area contributed by atoms with Gasteiger partial charge in [-0.25, -0.2) is 4.79 Å². The predicted molar refractivity (Wildman–Crippen MR) is 77.6 cm³/mol. The first-order valence-electron chi connectivity index (χ1n) is 6.68. The van der Waals surface area contributed by atoms with E-state index in [-0.39, 0.29) is 23.4 Å². The molecule has 0 radical (unpaired) electrons. The molecule has 5 nitrogen and oxygen atoms in total. The fraction of sp³-hybridized carbons (Fsp3) is 0.400. The minimum Gasteiger partial charge on any atom is -0.507 e. The number of aromatic hydroxyl groups is 1. The number of nitrogens with two attached hydrogens (primary N) is 2. The molecule has 0 aliphatic heterocycles. The van der Waals surface area contributed by atoms with Gasteiger partial charge in [0.15, 0.2) is 0 Å². The second-order valence-electron chi connectivity index (χ2n) is 5.34. The first-order valence-corrected chi connectivity index (χ1v) is 6.68. The standard InChI is InChI=1S/C15H20N2O3/c1-8-5-11(15(19)20)7-10(14(8)18)6-9-3-2-4-12(16)13(9)17/h5-7,12-13,18H,2-4,16-17H2,1H3,(H,19,20). The van der Waals surface area contributed by atoms with Gasteiger partial charge in [-0.05, 0) is 43.9 Å².